The SMILES string of the molecule is Cc1cc(O)c(C2NNC3C(=O)N(CCO)C(c4ccccc4)C32)cc1Cl. The van der Waals surface area contributed by atoms with E-state index in [9.17, 15) is 15.0 Å². The molecule has 4 atom stereocenters. The lowest BCUT2D eigenvalue weighted by molar-refractivity contribution is -0.131. The Balaban J connectivity index is 1.79. The maximum atomic E-state index is 13.0. The minimum atomic E-state index is -0.439. The maximum Gasteiger partial charge on any atom is 0.242 e. The number of likely N-dealkylation sites (tertiary alicyclic amines) is 1. The smallest absolute Gasteiger partial charge is 0.242 e. The zero-order valence-electron chi connectivity index (χ0n) is 14.9. The minimum absolute atomic E-state index is 0.0596. The third-order valence-corrected chi connectivity index (χ3v) is 5.95. The number of aryl methyl sites for hydroxylation is 1. The van der Waals surface area contributed by atoms with Gasteiger partial charge in [0.25, 0.3) is 0 Å². The summed E-state index contributed by atoms with van der Waals surface area (Å²) in [7, 11) is 0. The first-order chi connectivity index (χ1) is 13.0. The van der Waals surface area contributed by atoms with Crippen LogP contribution in [0.2, 0.25) is 5.02 Å². The van der Waals surface area contributed by atoms with E-state index >= 15 is 0 Å². The van der Waals surface area contributed by atoms with Gasteiger partial charge in [0, 0.05) is 23.0 Å². The Morgan fingerprint density at radius 2 is 1.85 bits per heavy atom. The zero-order chi connectivity index (χ0) is 19.1. The number of halogens is 1. The van der Waals surface area contributed by atoms with Gasteiger partial charge in [-0.1, -0.05) is 41.9 Å². The van der Waals surface area contributed by atoms with Crippen LogP contribution in [0.15, 0.2) is 42.5 Å². The van der Waals surface area contributed by atoms with Gasteiger partial charge in [-0.3, -0.25) is 4.79 Å². The summed E-state index contributed by atoms with van der Waals surface area (Å²) in [5.41, 5.74) is 8.72. The van der Waals surface area contributed by atoms with Crippen molar-refractivity contribution in [2.75, 3.05) is 13.2 Å². The number of aromatic hydroxyl groups is 1. The molecule has 2 aliphatic heterocycles. The van der Waals surface area contributed by atoms with Crippen molar-refractivity contribution in [1.29, 1.82) is 0 Å². The quantitative estimate of drug-likeness (QED) is 0.645. The number of carbonyl (C=O) groups is 1. The first kappa shape index (κ1) is 18.3. The fourth-order valence-electron chi connectivity index (χ4n) is 4.30. The topological polar surface area (TPSA) is 84.8 Å². The number of hydrogen-bond acceptors (Lipinski definition) is 5. The summed E-state index contributed by atoms with van der Waals surface area (Å²) in [6.07, 6.45) is 0. The Bertz CT molecular complexity index is 861. The number of phenolic OH excluding ortho intramolecular Hbond substituents is 1. The van der Waals surface area contributed by atoms with Crippen LogP contribution < -0.4 is 10.9 Å². The van der Waals surface area contributed by atoms with E-state index in [-0.39, 0.29) is 42.8 Å². The summed E-state index contributed by atoms with van der Waals surface area (Å²) < 4.78 is 0. The van der Waals surface area contributed by atoms with E-state index in [4.69, 9.17) is 11.6 Å². The van der Waals surface area contributed by atoms with E-state index in [0.29, 0.717) is 10.6 Å². The van der Waals surface area contributed by atoms with E-state index < -0.39 is 6.04 Å². The molecule has 0 radical (unpaired) electrons. The molecule has 2 fully saturated rings. The van der Waals surface area contributed by atoms with Crippen molar-refractivity contribution in [2.24, 2.45) is 5.92 Å². The summed E-state index contributed by atoms with van der Waals surface area (Å²) in [5.74, 6) is -0.0663. The van der Waals surface area contributed by atoms with Crippen LogP contribution >= 0.6 is 11.6 Å². The van der Waals surface area contributed by atoms with Crippen molar-refractivity contribution in [2.45, 2.75) is 25.0 Å². The molecule has 0 aromatic heterocycles. The molecule has 6 nitrogen and oxygen atoms in total. The van der Waals surface area contributed by atoms with E-state index in [0.717, 1.165) is 11.1 Å². The highest BCUT2D eigenvalue weighted by Crippen LogP contribution is 2.48. The van der Waals surface area contributed by atoms with Gasteiger partial charge in [0.2, 0.25) is 5.91 Å². The Hall–Kier alpha value is -2.12. The van der Waals surface area contributed by atoms with Gasteiger partial charge < -0.3 is 15.1 Å². The zero-order valence-corrected chi connectivity index (χ0v) is 15.6. The molecule has 2 aromatic carbocycles. The molecule has 0 spiro atoms. The number of aliphatic hydroxyl groups is 1. The standard InChI is InChI=1S/C20H22ClN3O3/c1-11-9-15(26)13(10-14(11)21)17-16-18(23-22-17)20(27)24(7-8-25)19(16)12-5-3-2-4-6-12/h2-6,9-10,16-19,22-23,25-26H,7-8H2,1H3. The second kappa shape index (κ2) is 7.13. The summed E-state index contributed by atoms with van der Waals surface area (Å²) in [6, 6.07) is 12.2. The van der Waals surface area contributed by atoms with Crippen LogP contribution in [-0.2, 0) is 4.79 Å². The number of phenols is 1. The molecule has 0 saturated carbocycles. The average Bonchev–Trinajstić information content (AvgIpc) is 3.19. The van der Waals surface area contributed by atoms with Crippen LogP contribution in [0.5, 0.6) is 5.75 Å². The first-order valence-electron chi connectivity index (χ1n) is 8.99. The molecule has 2 heterocycles. The first-order valence-corrected chi connectivity index (χ1v) is 9.37. The minimum Gasteiger partial charge on any atom is -0.508 e. The van der Waals surface area contributed by atoms with E-state index in [1.807, 2.05) is 37.3 Å². The van der Waals surface area contributed by atoms with Gasteiger partial charge in [-0.2, -0.15) is 0 Å². The summed E-state index contributed by atoms with van der Waals surface area (Å²) in [6.45, 7) is 2.00. The lowest BCUT2D eigenvalue weighted by Gasteiger charge is -2.31. The number of hydrazine groups is 1. The number of carbonyl (C=O) groups excluding carboxylic acids is 1. The Morgan fingerprint density at radius 3 is 2.56 bits per heavy atom. The highest BCUT2D eigenvalue weighted by atomic mass is 35.5. The summed E-state index contributed by atoms with van der Waals surface area (Å²) in [5, 5.41) is 20.6. The van der Waals surface area contributed by atoms with Gasteiger partial charge in [0.1, 0.15) is 11.8 Å². The summed E-state index contributed by atoms with van der Waals surface area (Å²) in [4.78, 5) is 14.7. The maximum absolute atomic E-state index is 13.0. The molecule has 4 unspecified atom stereocenters. The molecule has 2 aliphatic rings. The molecule has 0 aliphatic carbocycles. The monoisotopic (exact) mass is 387 g/mol. The van der Waals surface area contributed by atoms with Gasteiger partial charge in [0.15, 0.2) is 0 Å². The van der Waals surface area contributed by atoms with Crippen molar-refractivity contribution < 1.29 is 15.0 Å². The van der Waals surface area contributed by atoms with Gasteiger partial charge in [-0.15, -0.1) is 0 Å². The van der Waals surface area contributed by atoms with Gasteiger partial charge in [-0.05, 0) is 30.2 Å². The Kier molecular flexibility index (Phi) is 4.82. The van der Waals surface area contributed by atoms with Crippen molar-refractivity contribution in [3.63, 3.8) is 0 Å². The Labute approximate surface area is 162 Å². The molecule has 142 valence electrons. The molecule has 2 aromatic rings. The fourth-order valence-corrected chi connectivity index (χ4v) is 4.48. The lowest BCUT2D eigenvalue weighted by Crippen LogP contribution is -2.42. The molecule has 0 bridgehead atoms. The number of aliphatic hydroxyl groups excluding tert-OH is 1. The second-order valence-corrected chi connectivity index (χ2v) is 7.50. The molecule has 7 heteroatoms. The van der Waals surface area contributed by atoms with Crippen LogP contribution in [0.1, 0.15) is 28.8 Å². The number of amides is 1. The van der Waals surface area contributed by atoms with Crippen LogP contribution in [0, 0.1) is 12.8 Å². The molecular formula is C20H22ClN3O3. The Morgan fingerprint density at radius 1 is 1.15 bits per heavy atom. The normalized spacial score (nSPS) is 27.2. The lowest BCUT2D eigenvalue weighted by atomic mass is 9.83. The second-order valence-electron chi connectivity index (χ2n) is 7.09. The number of fused-ring (bicyclic) bond motifs is 1. The van der Waals surface area contributed by atoms with E-state index in [1.54, 1.807) is 17.0 Å². The van der Waals surface area contributed by atoms with E-state index in [1.165, 1.54) is 0 Å². The third kappa shape index (κ3) is 2.99. The van der Waals surface area contributed by atoms with E-state index in [2.05, 4.69) is 10.9 Å². The molecule has 4 rings (SSSR count). The average molecular weight is 388 g/mol. The number of hydrogen-bond donors (Lipinski definition) is 4. The van der Waals surface area contributed by atoms with Crippen molar-refractivity contribution >= 4 is 17.5 Å². The van der Waals surface area contributed by atoms with Crippen LogP contribution in [0.25, 0.3) is 0 Å². The van der Waals surface area contributed by atoms with Crippen molar-refractivity contribution in [1.82, 2.24) is 15.8 Å². The van der Waals surface area contributed by atoms with Crippen molar-refractivity contribution in [3.05, 3.63) is 64.2 Å². The van der Waals surface area contributed by atoms with Gasteiger partial charge in [-0.25, -0.2) is 10.9 Å². The number of benzene rings is 2. The molecular weight excluding hydrogens is 366 g/mol. The summed E-state index contributed by atoms with van der Waals surface area (Å²) >= 11 is 6.30. The predicted octanol–water partition coefficient (Wildman–Crippen LogP) is 2.06. The van der Waals surface area contributed by atoms with Gasteiger partial charge >= 0.3 is 0 Å². The highest BCUT2D eigenvalue weighted by molar-refractivity contribution is 6.31. The predicted molar refractivity (Wildman–Crippen MR) is 102 cm³/mol. The highest BCUT2D eigenvalue weighted by Gasteiger charge is 2.55. The van der Waals surface area contributed by atoms with Crippen LogP contribution in [0.3, 0.4) is 0 Å². The van der Waals surface area contributed by atoms with Gasteiger partial charge in [0.05, 0.1) is 18.7 Å². The van der Waals surface area contributed by atoms with Crippen LogP contribution in [-0.4, -0.2) is 40.2 Å². The molecule has 2 saturated heterocycles. The largest absolute Gasteiger partial charge is 0.508 e. The fraction of sp³-hybridized carbons (Fsp3) is 0.350. The number of nitrogens with zero attached hydrogens (tertiary/aromatic N) is 1. The number of nitrogens with one attached hydrogen (secondary N) is 2. The number of β-amino-alcohol motifs (C(OH)–C–C–N with tert-alkyl or cyclic N) is 1. The third-order valence-electron chi connectivity index (χ3n) is 5.54. The number of rotatable bonds is 4. The van der Waals surface area contributed by atoms with Crippen molar-refractivity contribution in [3.8, 4) is 5.75 Å². The molecule has 27 heavy (non-hydrogen) atoms. The molecule has 4 N–H and O–H groups in total. The molecule has 1 amide bonds. The van der Waals surface area contributed by atoms with Crippen LogP contribution in [0.4, 0.5) is 0 Å².